The van der Waals surface area contributed by atoms with Crippen LogP contribution in [0.3, 0.4) is 0 Å². The summed E-state index contributed by atoms with van der Waals surface area (Å²) in [6.45, 7) is 5.93. The summed E-state index contributed by atoms with van der Waals surface area (Å²) in [6.07, 6.45) is 26.0. The van der Waals surface area contributed by atoms with Gasteiger partial charge in [-0.05, 0) is 19.3 Å². The lowest BCUT2D eigenvalue weighted by molar-refractivity contribution is 0.358. The Morgan fingerprint density at radius 3 is 2.29 bits per heavy atom. The molecule has 1 aliphatic heterocycles. The van der Waals surface area contributed by atoms with Gasteiger partial charge in [-0.1, -0.05) is 95.2 Å². The predicted molar refractivity (Wildman–Crippen MR) is 93.6 cm³/mol. The van der Waals surface area contributed by atoms with E-state index in [1.807, 2.05) is 12.2 Å². The number of ether oxygens (including phenoxy) is 1. The predicted octanol–water partition coefficient (Wildman–Crippen LogP) is 6.36. The fourth-order valence-corrected chi connectivity index (χ4v) is 2.70. The lowest BCUT2D eigenvalue weighted by atomic mass is 10.1. The normalized spacial score (nSPS) is 21.4. The van der Waals surface area contributed by atoms with Crippen LogP contribution in [-0.4, -0.2) is 12.2 Å². The Bertz CT molecular complexity index is 303. The zero-order chi connectivity index (χ0) is 15.2. The van der Waals surface area contributed by atoms with Crippen LogP contribution in [0.15, 0.2) is 37.0 Å². The summed E-state index contributed by atoms with van der Waals surface area (Å²) in [5, 5.41) is 0. The van der Waals surface area contributed by atoms with E-state index in [0.717, 1.165) is 12.8 Å². The molecule has 0 radical (unpaired) electrons. The van der Waals surface area contributed by atoms with Crippen LogP contribution in [0.4, 0.5) is 0 Å². The van der Waals surface area contributed by atoms with Crippen LogP contribution in [0.25, 0.3) is 0 Å². The van der Waals surface area contributed by atoms with Crippen molar-refractivity contribution >= 4 is 0 Å². The third kappa shape index (κ3) is 10.5. The zero-order valence-corrected chi connectivity index (χ0v) is 13.9. The Morgan fingerprint density at radius 2 is 1.57 bits per heavy atom. The highest BCUT2D eigenvalue weighted by Crippen LogP contribution is 2.30. The number of rotatable bonds is 14. The molecular weight excluding hydrogens is 256 g/mol. The van der Waals surface area contributed by atoms with Gasteiger partial charge in [0.05, 0.1) is 12.2 Å². The Labute approximate surface area is 132 Å². The third-order valence-electron chi connectivity index (χ3n) is 4.11. The van der Waals surface area contributed by atoms with Crippen LogP contribution >= 0.6 is 0 Å². The van der Waals surface area contributed by atoms with Crippen molar-refractivity contribution in [3.8, 4) is 0 Å². The molecule has 0 aromatic heterocycles. The largest absolute Gasteiger partial charge is 0.369 e. The second-order valence-electron chi connectivity index (χ2n) is 6.08. The molecule has 1 fully saturated rings. The lowest BCUT2D eigenvalue weighted by Crippen LogP contribution is -1.93. The maximum Gasteiger partial charge on any atom is 0.0876 e. The lowest BCUT2D eigenvalue weighted by Gasteiger charge is -2.00. The van der Waals surface area contributed by atoms with Crippen molar-refractivity contribution in [1.82, 2.24) is 0 Å². The molecule has 0 saturated carbocycles. The first kappa shape index (κ1) is 18.2. The zero-order valence-electron chi connectivity index (χ0n) is 13.9. The molecule has 0 aromatic carbocycles. The van der Waals surface area contributed by atoms with E-state index >= 15 is 0 Å². The summed E-state index contributed by atoms with van der Waals surface area (Å²) < 4.78 is 5.72. The molecule has 0 N–H and O–H groups in total. The molecule has 0 aliphatic carbocycles. The van der Waals surface area contributed by atoms with Crippen molar-refractivity contribution < 1.29 is 4.74 Å². The highest BCUT2D eigenvalue weighted by molar-refractivity contribution is 5.02. The molecule has 1 aliphatic rings. The Balaban J connectivity index is 1.84. The summed E-state index contributed by atoms with van der Waals surface area (Å²) in [6, 6.07) is 0. The molecule has 0 amide bonds. The third-order valence-corrected chi connectivity index (χ3v) is 4.11. The fourth-order valence-electron chi connectivity index (χ4n) is 2.70. The van der Waals surface area contributed by atoms with Crippen molar-refractivity contribution in [1.29, 1.82) is 0 Å². The summed E-state index contributed by atoms with van der Waals surface area (Å²) in [5.74, 6) is 0. The quantitative estimate of drug-likeness (QED) is 0.157. The molecule has 1 nitrogen and oxygen atoms in total. The highest BCUT2D eigenvalue weighted by atomic mass is 16.6. The first-order valence-corrected chi connectivity index (χ1v) is 8.96. The second kappa shape index (κ2) is 12.9. The summed E-state index contributed by atoms with van der Waals surface area (Å²) in [7, 11) is 0. The van der Waals surface area contributed by atoms with Crippen LogP contribution in [-0.2, 0) is 4.74 Å². The first-order chi connectivity index (χ1) is 10.4. The molecule has 120 valence electrons. The molecule has 2 atom stereocenters. The number of hydrogen-bond acceptors (Lipinski definition) is 1. The fraction of sp³-hybridized carbons (Fsp3) is 0.700. The van der Waals surface area contributed by atoms with Gasteiger partial charge in [-0.25, -0.2) is 0 Å². The molecule has 0 bridgehead atoms. The number of unbranched alkanes of at least 4 members (excludes halogenated alkanes) is 7. The van der Waals surface area contributed by atoms with Gasteiger partial charge in [0, 0.05) is 0 Å². The van der Waals surface area contributed by atoms with Gasteiger partial charge in [0.2, 0.25) is 0 Å². The maximum atomic E-state index is 5.72. The average molecular weight is 290 g/mol. The van der Waals surface area contributed by atoms with Crippen LogP contribution in [0.5, 0.6) is 0 Å². The van der Waals surface area contributed by atoms with E-state index in [9.17, 15) is 0 Å². The summed E-state index contributed by atoms with van der Waals surface area (Å²) in [4.78, 5) is 0. The van der Waals surface area contributed by atoms with E-state index < -0.39 is 0 Å². The van der Waals surface area contributed by atoms with E-state index in [4.69, 9.17) is 4.74 Å². The van der Waals surface area contributed by atoms with Crippen molar-refractivity contribution in [3.63, 3.8) is 0 Å². The van der Waals surface area contributed by atoms with Gasteiger partial charge in [0.15, 0.2) is 0 Å². The molecule has 0 aromatic rings. The van der Waals surface area contributed by atoms with Crippen molar-refractivity contribution in [2.75, 3.05) is 0 Å². The van der Waals surface area contributed by atoms with Crippen LogP contribution in [0.2, 0.25) is 0 Å². The van der Waals surface area contributed by atoms with Crippen molar-refractivity contribution in [2.24, 2.45) is 0 Å². The van der Waals surface area contributed by atoms with E-state index in [1.165, 1.54) is 57.8 Å². The van der Waals surface area contributed by atoms with Gasteiger partial charge < -0.3 is 4.74 Å². The van der Waals surface area contributed by atoms with Crippen LogP contribution in [0, 0.1) is 0 Å². The standard InChI is InChI=1S/C20H34O/c1-3-5-7-9-11-12-14-16-18-20-19(21-20)17-15-13-10-8-6-4-2/h4,6,8,13,15,19-20H,2-3,5,7,9-12,14,16-18H2,1H3/b8-6-,15-13-/t19?,20-/m1/s1. The van der Waals surface area contributed by atoms with Crippen LogP contribution < -0.4 is 0 Å². The van der Waals surface area contributed by atoms with E-state index in [-0.39, 0.29) is 0 Å². The Kier molecular flexibility index (Phi) is 11.2. The van der Waals surface area contributed by atoms with Gasteiger partial charge in [-0.3, -0.25) is 0 Å². The number of allylic oxidation sites excluding steroid dienone is 4. The van der Waals surface area contributed by atoms with E-state index in [2.05, 4.69) is 31.7 Å². The minimum Gasteiger partial charge on any atom is -0.369 e. The summed E-state index contributed by atoms with van der Waals surface area (Å²) in [5.41, 5.74) is 0. The SMILES string of the molecule is C=C/C=C\C/C=C\CC1O[C@@H]1CCCCCCCCCC. The monoisotopic (exact) mass is 290 g/mol. The molecule has 1 unspecified atom stereocenters. The average Bonchev–Trinajstić information content (AvgIpc) is 3.24. The molecule has 0 spiro atoms. The van der Waals surface area contributed by atoms with Gasteiger partial charge >= 0.3 is 0 Å². The smallest absolute Gasteiger partial charge is 0.0876 e. The topological polar surface area (TPSA) is 12.5 Å². The minimum atomic E-state index is 0.509. The van der Waals surface area contributed by atoms with Gasteiger partial charge in [0.25, 0.3) is 0 Å². The van der Waals surface area contributed by atoms with E-state index in [1.54, 1.807) is 0 Å². The Morgan fingerprint density at radius 1 is 0.857 bits per heavy atom. The second-order valence-corrected chi connectivity index (χ2v) is 6.08. The number of hydrogen-bond donors (Lipinski definition) is 0. The molecular formula is C20H34O. The minimum absolute atomic E-state index is 0.509. The first-order valence-electron chi connectivity index (χ1n) is 8.96. The van der Waals surface area contributed by atoms with Crippen LogP contribution in [0.1, 0.15) is 77.6 Å². The maximum absolute atomic E-state index is 5.72. The van der Waals surface area contributed by atoms with Crippen molar-refractivity contribution in [3.05, 3.63) is 37.0 Å². The molecule has 1 heterocycles. The van der Waals surface area contributed by atoms with Crippen molar-refractivity contribution in [2.45, 2.75) is 89.8 Å². The summed E-state index contributed by atoms with van der Waals surface area (Å²) >= 11 is 0. The molecule has 1 heteroatoms. The molecule has 1 saturated heterocycles. The van der Waals surface area contributed by atoms with Gasteiger partial charge in [-0.15, -0.1) is 0 Å². The number of epoxide rings is 1. The molecule has 1 rings (SSSR count). The van der Waals surface area contributed by atoms with Gasteiger partial charge in [-0.2, -0.15) is 0 Å². The van der Waals surface area contributed by atoms with Gasteiger partial charge in [0.1, 0.15) is 0 Å². The van der Waals surface area contributed by atoms with E-state index in [0.29, 0.717) is 12.2 Å². The highest BCUT2D eigenvalue weighted by Gasteiger charge is 2.36. The molecule has 21 heavy (non-hydrogen) atoms. The Hall–Kier alpha value is -0.820.